The lowest BCUT2D eigenvalue weighted by atomic mass is 10.2. The molecule has 1 saturated heterocycles. The summed E-state index contributed by atoms with van der Waals surface area (Å²) >= 11 is 0. The molecule has 1 saturated carbocycles. The Balaban J connectivity index is 1.40. The number of nitrogens with zero attached hydrogens (tertiary/aromatic N) is 2. The standard InChI is InChI=1S/C18H19FN2O3/c19-14-3-1-2-13-10-16(24-17(13)14)18(23)21-8-6-20(7-9-21)11-15(22)12-4-5-12/h1-3,10,12H,4-9,11H2. The van der Waals surface area contributed by atoms with Gasteiger partial charge in [0, 0.05) is 37.5 Å². The first-order valence-electron chi connectivity index (χ1n) is 8.34. The third-order valence-electron chi connectivity index (χ3n) is 4.78. The summed E-state index contributed by atoms with van der Waals surface area (Å²) in [5.74, 6) is 0.0731. The smallest absolute Gasteiger partial charge is 0.289 e. The van der Waals surface area contributed by atoms with E-state index in [9.17, 15) is 14.0 Å². The van der Waals surface area contributed by atoms with E-state index in [0.717, 1.165) is 12.8 Å². The van der Waals surface area contributed by atoms with Crippen LogP contribution in [0.2, 0.25) is 0 Å². The molecular formula is C18H19FN2O3. The average Bonchev–Trinajstić information content (AvgIpc) is 3.34. The topological polar surface area (TPSA) is 53.8 Å². The van der Waals surface area contributed by atoms with E-state index in [1.807, 2.05) is 0 Å². The lowest BCUT2D eigenvalue weighted by Gasteiger charge is -2.33. The molecule has 4 rings (SSSR count). The zero-order chi connectivity index (χ0) is 16.7. The number of benzene rings is 1. The van der Waals surface area contributed by atoms with Crippen LogP contribution in [0.4, 0.5) is 4.39 Å². The first-order chi connectivity index (χ1) is 11.6. The quantitative estimate of drug-likeness (QED) is 0.863. The first-order valence-corrected chi connectivity index (χ1v) is 8.34. The molecule has 1 amide bonds. The minimum absolute atomic E-state index is 0.120. The molecule has 2 aliphatic rings. The summed E-state index contributed by atoms with van der Waals surface area (Å²) < 4.78 is 19.1. The molecule has 126 valence electrons. The Morgan fingerprint density at radius 1 is 1.17 bits per heavy atom. The highest BCUT2D eigenvalue weighted by molar-refractivity contribution is 5.96. The van der Waals surface area contributed by atoms with Crippen molar-refractivity contribution < 1.29 is 18.4 Å². The predicted molar refractivity (Wildman–Crippen MR) is 86.2 cm³/mol. The number of para-hydroxylation sites is 1. The van der Waals surface area contributed by atoms with E-state index in [4.69, 9.17) is 4.42 Å². The highest BCUT2D eigenvalue weighted by Crippen LogP contribution is 2.30. The normalized spacial score (nSPS) is 19.0. The largest absolute Gasteiger partial charge is 0.448 e. The Morgan fingerprint density at radius 3 is 2.58 bits per heavy atom. The number of amides is 1. The number of furan rings is 1. The van der Waals surface area contributed by atoms with Crippen molar-refractivity contribution in [1.82, 2.24) is 9.80 Å². The summed E-state index contributed by atoms with van der Waals surface area (Å²) in [6.07, 6.45) is 2.06. The van der Waals surface area contributed by atoms with Crippen LogP contribution >= 0.6 is 0 Å². The van der Waals surface area contributed by atoms with Crippen molar-refractivity contribution in [1.29, 1.82) is 0 Å². The number of Topliss-reactive ketones (excluding diaryl/α,β-unsaturated/α-hetero) is 1. The highest BCUT2D eigenvalue weighted by Gasteiger charge is 2.32. The number of ketones is 1. The van der Waals surface area contributed by atoms with E-state index in [2.05, 4.69) is 4.90 Å². The van der Waals surface area contributed by atoms with Crippen molar-refractivity contribution in [2.24, 2.45) is 5.92 Å². The summed E-state index contributed by atoms with van der Waals surface area (Å²) in [4.78, 5) is 28.2. The molecule has 1 aliphatic carbocycles. The molecule has 0 spiro atoms. The molecule has 0 N–H and O–H groups in total. The van der Waals surface area contributed by atoms with E-state index in [0.29, 0.717) is 43.9 Å². The second kappa shape index (κ2) is 6.02. The molecule has 2 fully saturated rings. The zero-order valence-corrected chi connectivity index (χ0v) is 13.3. The van der Waals surface area contributed by atoms with Crippen molar-refractivity contribution in [3.05, 3.63) is 35.8 Å². The predicted octanol–water partition coefficient (Wildman–Crippen LogP) is 2.31. The summed E-state index contributed by atoms with van der Waals surface area (Å²) in [6, 6.07) is 6.22. The van der Waals surface area contributed by atoms with Gasteiger partial charge in [-0.05, 0) is 25.0 Å². The maximum absolute atomic E-state index is 13.7. The van der Waals surface area contributed by atoms with Gasteiger partial charge in [0.1, 0.15) is 5.78 Å². The molecule has 0 bridgehead atoms. The number of fused-ring (bicyclic) bond motifs is 1. The molecule has 1 aromatic carbocycles. The average molecular weight is 330 g/mol. The number of halogens is 1. The van der Waals surface area contributed by atoms with Crippen LogP contribution in [0, 0.1) is 11.7 Å². The van der Waals surface area contributed by atoms with Crippen LogP contribution in [0.15, 0.2) is 28.7 Å². The van der Waals surface area contributed by atoms with Crippen LogP contribution in [-0.2, 0) is 4.79 Å². The summed E-state index contributed by atoms with van der Waals surface area (Å²) in [6.45, 7) is 2.95. The van der Waals surface area contributed by atoms with Crippen molar-refractivity contribution in [2.45, 2.75) is 12.8 Å². The lowest BCUT2D eigenvalue weighted by Crippen LogP contribution is -2.50. The van der Waals surface area contributed by atoms with E-state index in [1.54, 1.807) is 23.1 Å². The fourth-order valence-corrected chi connectivity index (χ4v) is 3.15. The van der Waals surface area contributed by atoms with Gasteiger partial charge < -0.3 is 9.32 Å². The Labute approximate surface area is 139 Å². The molecule has 1 aromatic heterocycles. The Kier molecular flexibility index (Phi) is 3.84. The van der Waals surface area contributed by atoms with Crippen molar-refractivity contribution in [2.75, 3.05) is 32.7 Å². The van der Waals surface area contributed by atoms with Crippen LogP contribution in [0.3, 0.4) is 0 Å². The van der Waals surface area contributed by atoms with E-state index < -0.39 is 5.82 Å². The molecule has 2 aromatic rings. The molecule has 24 heavy (non-hydrogen) atoms. The Hall–Kier alpha value is -2.21. The highest BCUT2D eigenvalue weighted by atomic mass is 19.1. The second-order valence-electron chi connectivity index (χ2n) is 6.58. The minimum atomic E-state index is -0.463. The number of hydrogen-bond donors (Lipinski definition) is 0. The van der Waals surface area contributed by atoms with Crippen LogP contribution in [0.1, 0.15) is 23.4 Å². The maximum Gasteiger partial charge on any atom is 0.289 e. The van der Waals surface area contributed by atoms with Gasteiger partial charge in [0.2, 0.25) is 0 Å². The molecule has 5 nitrogen and oxygen atoms in total. The summed E-state index contributed by atoms with van der Waals surface area (Å²) in [5, 5.41) is 0.590. The monoisotopic (exact) mass is 330 g/mol. The van der Waals surface area contributed by atoms with Crippen LogP contribution in [-0.4, -0.2) is 54.2 Å². The lowest BCUT2D eigenvalue weighted by molar-refractivity contribution is -0.121. The number of carbonyl (C=O) groups excluding carboxylic acids is 2. The first kappa shape index (κ1) is 15.3. The number of carbonyl (C=O) groups is 2. The van der Waals surface area contributed by atoms with Gasteiger partial charge in [-0.25, -0.2) is 4.39 Å². The van der Waals surface area contributed by atoms with Gasteiger partial charge in [-0.2, -0.15) is 0 Å². The van der Waals surface area contributed by atoms with Crippen molar-refractivity contribution in [3.63, 3.8) is 0 Å². The van der Waals surface area contributed by atoms with Gasteiger partial charge in [-0.15, -0.1) is 0 Å². The Morgan fingerprint density at radius 2 is 1.92 bits per heavy atom. The SMILES string of the molecule is O=C(CN1CCN(C(=O)c2cc3cccc(F)c3o2)CC1)C1CC1. The van der Waals surface area contributed by atoms with Crippen molar-refractivity contribution in [3.8, 4) is 0 Å². The third-order valence-corrected chi connectivity index (χ3v) is 4.78. The van der Waals surface area contributed by atoms with Crippen LogP contribution in [0.5, 0.6) is 0 Å². The number of piperazine rings is 1. The van der Waals surface area contributed by atoms with Crippen molar-refractivity contribution >= 4 is 22.7 Å². The molecule has 2 heterocycles. The molecule has 6 heteroatoms. The van der Waals surface area contributed by atoms with Gasteiger partial charge in [0.25, 0.3) is 5.91 Å². The van der Waals surface area contributed by atoms with E-state index in [1.165, 1.54) is 6.07 Å². The van der Waals surface area contributed by atoms with Gasteiger partial charge in [-0.1, -0.05) is 12.1 Å². The molecule has 0 radical (unpaired) electrons. The van der Waals surface area contributed by atoms with Crippen LogP contribution in [0.25, 0.3) is 11.0 Å². The van der Waals surface area contributed by atoms with E-state index >= 15 is 0 Å². The molecule has 0 atom stereocenters. The zero-order valence-electron chi connectivity index (χ0n) is 13.3. The van der Waals surface area contributed by atoms with E-state index in [-0.39, 0.29) is 23.2 Å². The summed E-state index contributed by atoms with van der Waals surface area (Å²) in [7, 11) is 0. The fraction of sp³-hybridized carbons (Fsp3) is 0.444. The Bertz CT molecular complexity index is 789. The summed E-state index contributed by atoms with van der Waals surface area (Å²) in [5.41, 5.74) is 0.120. The van der Waals surface area contributed by atoms with Gasteiger partial charge in [-0.3, -0.25) is 14.5 Å². The molecule has 0 unspecified atom stereocenters. The number of hydrogen-bond acceptors (Lipinski definition) is 4. The van der Waals surface area contributed by atoms with Gasteiger partial charge >= 0.3 is 0 Å². The number of rotatable bonds is 4. The maximum atomic E-state index is 13.7. The fourth-order valence-electron chi connectivity index (χ4n) is 3.15. The van der Waals surface area contributed by atoms with Gasteiger partial charge in [0.05, 0.1) is 6.54 Å². The molecule has 1 aliphatic heterocycles. The minimum Gasteiger partial charge on any atom is -0.448 e. The second-order valence-corrected chi connectivity index (χ2v) is 6.58. The van der Waals surface area contributed by atoms with Gasteiger partial charge in [0.15, 0.2) is 17.2 Å². The third kappa shape index (κ3) is 2.94. The van der Waals surface area contributed by atoms with Crippen LogP contribution < -0.4 is 0 Å². The molecular weight excluding hydrogens is 311 g/mol.